The molecule has 1 aromatic carbocycles. The zero-order chi connectivity index (χ0) is 11.4. The Morgan fingerprint density at radius 1 is 1.13 bits per heavy atom. The summed E-state index contributed by atoms with van der Waals surface area (Å²) in [5.41, 5.74) is 5.70. The van der Waals surface area contributed by atoms with E-state index in [-0.39, 0.29) is 22.3 Å². The molecule has 84 valence electrons. The van der Waals surface area contributed by atoms with Crippen LogP contribution in [0, 0.1) is 0 Å². The van der Waals surface area contributed by atoms with E-state index < -0.39 is 0 Å². The van der Waals surface area contributed by atoms with Gasteiger partial charge in [0.05, 0.1) is 5.02 Å². The first-order chi connectivity index (χ1) is 7.07. The number of nitrogens with two attached hydrogens (primary N) is 1. The number of benzene rings is 1. The monoisotopic (exact) mass is 231 g/mol. The Bertz CT molecular complexity index is 329. The van der Waals surface area contributed by atoms with Crippen LogP contribution in [-0.2, 0) is 6.42 Å². The van der Waals surface area contributed by atoms with Gasteiger partial charge in [-0.1, -0.05) is 11.6 Å². The largest absolute Gasteiger partial charge is 0.506 e. The van der Waals surface area contributed by atoms with Gasteiger partial charge in [0.1, 0.15) is 5.75 Å². The third-order valence-corrected chi connectivity index (χ3v) is 2.59. The van der Waals surface area contributed by atoms with Crippen LogP contribution < -0.4 is 5.73 Å². The number of phenolic OH excluding ortho intramolecular Hbond substituents is 3. The standard InChI is InChI=1S/C10H14ClNO3/c11-9-6(3-1-2-4-12)10(15)8(14)5-7(9)13/h5,13-15H,1-4,12H2. The van der Waals surface area contributed by atoms with Crippen molar-refractivity contribution in [2.45, 2.75) is 19.3 Å². The van der Waals surface area contributed by atoms with Crippen LogP contribution in [-0.4, -0.2) is 21.9 Å². The number of hydrogen-bond acceptors (Lipinski definition) is 4. The molecule has 0 saturated carbocycles. The van der Waals surface area contributed by atoms with Crippen molar-refractivity contribution < 1.29 is 15.3 Å². The van der Waals surface area contributed by atoms with Crippen molar-refractivity contribution in [3.8, 4) is 17.2 Å². The van der Waals surface area contributed by atoms with E-state index in [2.05, 4.69) is 0 Å². The smallest absolute Gasteiger partial charge is 0.162 e. The van der Waals surface area contributed by atoms with Gasteiger partial charge in [-0.2, -0.15) is 0 Å². The van der Waals surface area contributed by atoms with Crippen LogP contribution in [0.1, 0.15) is 18.4 Å². The minimum absolute atomic E-state index is 0.0855. The first-order valence-corrected chi connectivity index (χ1v) is 5.08. The lowest BCUT2D eigenvalue weighted by atomic mass is 10.1. The summed E-state index contributed by atoms with van der Waals surface area (Å²) in [5, 5.41) is 28.2. The molecule has 0 aliphatic rings. The van der Waals surface area contributed by atoms with Crippen LogP contribution in [0.3, 0.4) is 0 Å². The second-order valence-electron chi connectivity index (χ2n) is 3.30. The lowest BCUT2D eigenvalue weighted by molar-refractivity contribution is 0.391. The highest BCUT2D eigenvalue weighted by Gasteiger charge is 2.15. The summed E-state index contributed by atoms with van der Waals surface area (Å²) in [6, 6.07) is 1.02. The Labute approximate surface area is 92.9 Å². The van der Waals surface area contributed by atoms with Gasteiger partial charge < -0.3 is 21.1 Å². The van der Waals surface area contributed by atoms with E-state index in [4.69, 9.17) is 17.3 Å². The summed E-state index contributed by atoms with van der Waals surface area (Å²) < 4.78 is 0. The van der Waals surface area contributed by atoms with E-state index in [0.717, 1.165) is 18.9 Å². The second kappa shape index (κ2) is 5.09. The Kier molecular flexibility index (Phi) is 4.05. The predicted molar refractivity (Wildman–Crippen MR) is 58.4 cm³/mol. The summed E-state index contributed by atoms with van der Waals surface area (Å²) in [7, 11) is 0. The van der Waals surface area contributed by atoms with Crippen molar-refractivity contribution in [3.05, 3.63) is 16.7 Å². The third-order valence-electron chi connectivity index (χ3n) is 2.17. The van der Waals surface area contributed by atoms with E-state index >= 15 is 0 Å². The van der Waals surface area contributed by atoms with Crippen molar-refractivity contribution in [1.29, 1.82) is 0 Å². The first-order valence-electron chi connectivity index (χ1n) is 4.70. The number of phenols is 3. The molecule has 1 aromatic rings. The number of unbranched alkanes of at least 4 members (excludes halogenated alkanes) is 1. The molecule has 0 amide bonds. The Balaban J connectivity index is 2.94. The normalized spacial score (nSPS) is 10.5. The van der Waals surface area contributed by atoms with Crippen molar-refractivity contribution in [3.63, 3.8) is 0 Å². The van der Waals surface area contributed by atoms with E-state index in [1.54, 1.807) is 0 Å². The summed E-state index contributed by atoms with van der Waals surface area (Å²) >= 11 is 5.80. The molecular weight excluding hydrogens is 218 g/mol. The summed E-state index contributed by atoms with van der Waals surface area (Å²) in [4.78, 5) is 0. The summed E-state index contributed by atoms with van der Waals surface area (Å²) in [6.07, 6.45) is 2.02. The van der Waals surface area contributed by atoms with Crippen LogP contribution in [0.2, 0.25) is 5.02 Å². The fourth-order valence-corrected chi connectivity index (χ4v) is 1.59. The van der Waals surface area contributed by atoms with Gasteiger partial charge in [-0.15, -0.1) is 0 Å². The number of rotatable bonds is 4. The van der Waals surface area contributed by atoms with Gasteiger partial charge in [-0.05, 0) is 25.8 Å². The van der Waals surface area contributed by atoms with Gasteiger partial charge in [0.25, 0.3) is 0 Å². The first kappa shape index (κ1) is 11.9. The van der Waals surface area contributed by atoms with Crippen molar-refractivity contribution in [2.75, 3.05) is 6.54 Å². The molecule has 0 aliphatic heterocycles. The molecule has 0 atom stereocenters. The van der Waals surface area contributed by atoms with E-state index in [1.165, 1.54) is 0 Å². The Hall–Kier alpha value is -1.13. The maximum Gasteiger partial charge on any atom is 0.162 e. The average molecular weight is 232 g/mol. The summed E-state index contributed by atoms with van der Waals surface area (Å²) in [6.45, 7) is 0.559. The van der Waals surface area contributed by atoms with Gasteiger partial charge in [-0.25, -0.2) is 0 Å². The van der Waals surface area contributed by atoms with E-state index in [9.17, 15) is 15.3 Å². The molecule has 15 heavy (non-hydrogen) atoms. The highest BCUT2D eigenvalue weighted by Crippen LogP contribution is 2.41. The molecule has 5 heteroatoms. The van der Waals surface area contributed by atoms with Crippen molar-refractivity contribution >= 4 is 11.6 Å². The lowest BCUT2D eigenvalue weighted by Crippen LogP contribution is -1.99. The molecule has 0 aliphatic carbocycles. The highest BCUT2D eigenvalue weighted by atomic mass is 35.5. The average Bonchev–Trinajstić information content (AvgIpc) is 2.20. The molecular formula is C10H14ClNO3. The number of halogens is 1. The molecule has 0 fully saturated rings. The zero-order valence-corrected chi connectivity index (χ0v) is 8.96. The SMILES string of the molecule is NCCCCc1c(O)c(O)cc(O)c1Cl. The molecule has 0 radical (unpaired) electrons. The second-order valence-corrected chi connectivity index (χ2v) is 3.68. The maximum atomic E-state index is 9.53. The predicted octanol–water partition coefficient (Wildman–Crippen LogP) is 1.74. The Morgan fingerprint density at radius 3 is 2.40 bits per heavy atom. The van der Waals surface area contributed by atoms with Crippen LogP contribution in [0.15, 0.2) is 6.07 Å². The molecule has 0 unspecified atom stereocenters. The minimum Gasteiger partial charge on any atom is -0.506 e. The van der Waals surface area contributed by atoms with Crippen molar-refractivity contribution in [1.82, 2.24) is 0 Å². The van der Waals surface area contributed by atoms with Crippen LogP contribution >= 0.6 is 11.6 Å². The summed E-state index contributed by atoms with van der Waals surface area (Å²) in [5.74, 6) is -0.857. The van der Waals surface area contributed by atoms with Gasteiger partial charge >= 0.3 is 0 Å². The zero-order valence-electron chi connectivity index (χ0n) is 8.20. The molecule has 0 aromatic heterocycles. The fourth-order valence-electron chi connectivity index (χ4n) is 1.35. The molecule has 0 saturated heterocycles. The molecule has 5 N–H and O–H groups in total. The topological polar surface area (TPSA) is 86.7 Å². The lowest BCUT2D eigenvalue weighted by Gasteiger charge is -2.09. The quantitative estimate of drug-likeness (QED) is 0.361. The van der Waals surface area contributed by atoms with Crippen molar-refractivity contribution in [2.24, 2.45) is 5.73 Å². The van der Waals surface area contributed by atoms with Crippen LogP contribution in [0.5, 0.6) is 17.2 Å². The van der Waals surface area contributed by atoms with Gasteiger partial charge in [0.2, 0.25) is 0 Å². The molecule has 4 nitrogen and oxygen atoms in total. The van der Waals surface area contributed by atoms with E-state index in [0.29, 0.717) is 18.5 Å². The maximum absolute atomic E-state index is 9.53. The number of aromatic hydroxyl groups is 3. The fraction of sp³-hybridized carbons (Fsp3) is 0.400. The van der Waals surface area contributed by atoms with Gasteiger partial charge in [0.15, 0.2) is 11.5 Å². The minimum atomic E-state index is -0.361. The van der Waals surface area contributed by atoms with Crippen LogP contribution in [0.25, 0.3) is 0 Å². The molecule has 0 heterocycles. The highest BCUT2D eigenvalue weighted by molar-refractivity contribution is 6.33. The number of hydrogen-bond donors (Lipinski definition) is 4. The molecule has 0 spiro atoms. The van der Waals surface area contributed by atoms with Gasteiger partial charge in [-0.3, -0.25) is 0 Å². The van der Waals surface area contributed by atoms with Crippen LogP contribution in [0.4, 0.5) is 0 Å². The molecule has 0 bridgehead atoms. The van der Waals surface area contributed by atoms with Gasteiger partial charge in [0, 0.05) is 11.6 Å². The van der Waals surface area contributed by atoms with E-state index in [1.807, 2.05) is 0 Å². The Morgan fingerprint density at radius 2 is 1.80 bits per heavy atom. The molecule has 1 rings (SSSR count). The third kappa shape index (κ3) is 2.67.